The minimum Gasteiger partial charge on any atom is -0.423 e. The number of nitrogens with one attached hydrogen (secondary N) is 2. The molecule has 0 amide bonds. The first-order valence-corrected chi connectivity index (χ1v) is 12.6. The van der Waals surface area contributed by atoms with Crippen LogP contribution in [0.15, 0.2) is 30.5 Å². The molecule has 4 heterocycles. The Hall–Kier alpha value is -2.88. The fourth-order valence-electron chi connectivity index (χ4n) is 3.91. The maximum absolute atomic E-state index is 6.67. The van der Waals surface area contributed by atoms with Crippen LogP contribution < -0.4 is 15.0 Å². The number of ether oxygens (including phenoxy) is 1. The number of H-pyrrole nitrogens is 1. The second-order valence-corrected chi connectivity index (χ2v) is 10.4. The molecule has 0 atom stereocenters. The highest BCUT2D eigenvalue weighted by Gasteiger charge is 2.19. The molecule has 0 radical (unpaired) electrons. The molecule has 5 rings (SSSR count). The first kappa shape index (κ1) is 22.9. The zero-order valence-electron chi connectivity index (χ0n) is 19.7. The lowest BCUT2D eigenvalue weighted by atomic mass is 10.2. The number of halogens is 1. The molecular weight excluding hydrogens is 470 g/mol. The first-order chi connectivity index (χ1) is 16.4. The molecule has 0 spiro atoms. The van der Waals surface area contributed by atoms with Crippen molar-refractivity contribution in [2.45, 2.75) is 26.7 Å². The van der Waals surface area contributed by atoms with Crippen LogP contribution in [0.3, 0.4) is 0 Å². The Bertz CT molecular complexity index is 1310. The van der Waals surface area contributed by atoms with Gasteiger partial charge in [-0.3, -0.25) is 0 Å². The summed E-state index contributed by atoms with van der Waals surface area (Å²) in [6.07, 6.45) is 1.91. The SMILES string of the molecule is Cc1cc2c(Cl)c(Oc3nc(Nc4ncc(C(C)C)s4)cc(N4CCN(C)CC4)n3)ccc2[nH]1. The predicted molar refractivity (Wildman–Crippen MR) is 139 cm³/mol. The number of thiazole rings is 1. The highest BCUT2D eigenvalue weighted by molar-refractivity contribution is 7.15. The number of aryl methyl sites for hydroxylation is 1. The van der Waals surface area contributed by atoms with Crippen LogP contribution in [-0.2, 0) is 0 Å². The largest absolute Gasteiger partial charge is 0.423 e. The maximum Gasteiger partial charge on any atom is 0.325 e. The topological polar surface area (TPSA) is 82.2 Å². The summed E-state index contributed by atoms with van der Waals surface area (Å²) in [6.45, 7) is 10.0. The molecule has 1 fully saturated rings. The van der Waals surface area contributed by atoms with Gasteiger partial charge in [-0.2, -0.15) is 9.97 Å². The van der Waals surface area contributed by atoms with Gasteiger partial charge in [-0.25, -0.2) is 4.98 Å². The lowest BCUT2D eigenvalue weighted by molar-refractivity contribution is 0.311. The van der Waals surface area contributed by atoms with Crippen LogP contribution in [-0.4, -0.2) is 58.1 Å². The van der Waals surface area contributed by atoms with Gasteiger partial charge in [-0.05, 0) is 38.1 Å². The number of rotatable bonds is 6. The quantitative estimate of drug-likeness (QED) is 0.349. The van der Waals surface area contributed by atoms with Gasteiger partial charge in [0.15, 0.2) is 5.13 Å². The highest BCUT2D eigenvalue weighted by atomic mass is 35.5. The summed E-state index contributed by atoms with van der Waals surface area (Å²) in [5.74, 6) is 2.40. The minimum atomic E-state index is 0.244. The monoisotopic (exact) mass is 497 g/mol. The van der Waals surface area contributed by atoms with Crippen molar-refractivity contribution in [3.63, 3.8) is 0 Å². The number of benzene rings is 1. The number of piperazine rings is 1. The smallest absolute Gasteiger partial charge is 0.325 e. The van der Waals surface area contributed by atoms with E-state index in [1.807, 2.05) is 37.4 Å². The fraction of sp³-hybridized carbons (Fsp3) is 0.375. The van der Waals surface area contributed by atoms with E-state index >= 15 is 0 Å². The Morgan fingerprint density at radius 2 is 1.94 bits per heavy atom. The van der Waals surface area contributed by atoms with E-state index in [1.54, 1.807) is 11.3 Å². The van der Waals surface area contributed by atoms with Crippen LogP contribution in [0.1, 0.15) is 30.3 Å². The number of nitrogens with zero attached hydrogens (tertiary/aromatic N) is 5. The molecule has 0 saturated carbocycles. The number of hydrogen-bond acceptors (Lipinski definition) is 8. The summed E-state index contributed by atoms with van der Waals surface area (Å²) in [5, 5.41) is 5.58. The van der Waals surface area contributed by atoms with Crippen LogP contribution in [0.25, 0.3) is 10.9 Å². The molecule has 34 heavy (non-hydrogen) atoms. The van der Waals surface area contributed by atoms with Gasteiger partial charge < -0.3 is 24.8 Å². The van der Waals surface area contributed by atoms with Crippen molar-refractivity contribution in [1.82, 2.24) is 24.8 Å². The van der Waals surface area contributed by atoms with Gasteiger partial charge in [0.05, 0.1) is 5.02 Å². The molecular formula is C24H28ClN7OS. The molecule has 0 unspecified atom stereocenters. The van der Waals surface area contributed by atoms with Crippen LogP contribution in [0.4, 0.5) is 16.8 Å². The van der Waals surface area contributed by atoms with Crippen LogP contribution in [0.5, 0.6) is 11.8 Å². The number of aromatic amines is 1. The normalized spacial score (nSPS) is 14.8. The number of aromatic nitrogens is 4. The molecule has 3 aromatic heterocycles. The molecule has 8 nitrogen and oxygen atoms in total. The summed E-state index contributed by atoms with van der Waals surface area (Å²) in [6, 6.07) is 8.00. The van der Waals surface area contributed by atoms with E-state index in [0.29, 0.717) is 22.5 Å². The third-order valence-electron chi connectivity index (χ3n) is 5.89. The third kappa shape index (κ3) is 4.82. The highest BCUT2D eigenvalue weighted by Crippen LogP contribution is 2.36. The summed E-state index contributed by atoms with van der Waals surface area (Å²) in [5.41, 5.74) is 2.01. The molecule has 1 saturated heterocycles. The zero-order valence-corrected chi connectivity index (χ0v) is 21.3. The second kappa shape index (κ2) is 9.40. The van der Waals surface area contributed by atoms with Gasteiger partial charge in [-0.1, -0.05) is 25.4 Å². The van der Waals surface area contributed by atoms with Crippen molar-refractivity contribution in [2.24, 2.45) is 0 Å². The number of anilines is 3. The molecule has 0 bridgehead atoms. The second-order valence-electron chi connectivity index (χ2n) is 8.93. The van der Waals surface area contributed by atoms with Gasteiger partial charge in [0.25, 0.3) is 0 Å². The zero-order chi connectivity index (χ0) is 23.8. The van der Waals surface area contributed by atoms with Crippen molar-refractivity contribution in [1.29, 1.82) is 0 Å². The molecule has 2 N–H and O–H groups in total. The summed E-state index contributed by atoms with van der Waals surface area (Å²) in [7, 11) is 2.13. The van der Waals surface area contributed by atoms with Gasteiger partial charge in [0.1, 0.15) is 17.4 Å². The van der Waals surface area contributed by atoms with Crippen molar-refractivity contribution in [3.05, 3.63) is 46.1 Å². The van der Waals surface area contributed by atoms with Crippen molar-refractivity contribution in [2.75, 3.05) is 43.4 Å². The van der Waals surface area contributed by atoms with Gasteiger partial charge in [0, 0.05) is 59.9 Å². The number of hydrogen-bond donors (Lipinski definition) is 2. The molecule has 10 heteroatoms. The van der Waals surface area contributed by atoms with Crippen LogP contribution in [0.2, 0.25) is 5.02 Å². The Kier molecular flexibility index (Phi) is 6.33. The van der Waals surface area contributed by atoms with E-state index in [0.717, 1.165) is 53.7 Å². The third-order valence-corrected chi connectivity index (χ3v) is 7.49. The van der Waals surface area contributed by atoms with Crippen molar-refractivity contribution in [3.8, 4) is 11.8 Å². The summed E-state index contributed by atoms with van der Waals surface area (Å²) >= 11 is 8.30. The predicted octanol–water partition coefficient (Wildman–Crippen LogP) is 5.79. The van der Waals surface area contributed by atoms with Gasteiger partial charge >= 0.3 is 6.01 Å². The molecule has 1 aliphatic rings. The van der Waals surface area contributed by atoms with E-state index < -0.39 is 0 Å². The average molecular weight is 498 g/mol. The molecule has 0 aliphatic carbocycles. The van der Waals surface area contributed by atoms with Gasteiger partial charge in [0.2, 0.25) is 0 Å². The molecule has 1 aliphatic heterocycles. The average Bonchev–Trinajstić information content (AvgIpc) is 3.43. The molecule has 178 valence electrons. The van der Waals surface area contributed by atoms with E-state index in [2.05, 4.69) is 51.0 Å². The lowest BCUT2D eigenvalue weighted by Gasteiger charge is -2.33. The lowest BCUT2D eigenvalue weighted by Crippen LogP contribution is -2.44. The Labute approximate surface area is 208 Å². The molecule has 1 aromatic carbocycles. The Morgan fingerprint density at radius 3 is 2.68 bits per heavy atom. The molecule has 4 aromatic rings. The number of likely N-dealkylation sites (N-methyl/N-ethyl adjacent to an activating group) is 1. The Balaban J connectivity index is 1.48. The standard InChI is InChI=1S/C24H28ClN7OS/c1-14(2)19-13-26-24(34-19)29-20-12-21(32-9-7-31(4)8-10-32)30-23(28-20)33-18-6-5-17-16(22(18)25)11-15(3)27-17/h5-6,11-14,27H,7-10H2,1-4H3,(H,26,28,29,30). The first-order valence-electron chi connectivity index (χ1n) is 11.4. The van der Waals surface area contributed by atoms with Gasteiger partial charge in [-0.15, -0.1) is 11.3 Å². The summed E-state index contributed by atoms with van der Waals surface area (Å²) in [4.78, 5) is 22.9. The minimum absolute atomic E-state index is 0.244. The van der Waals surface area contributed by atoms with E-state index in [1.165, 1.54) is 4.88 Å². The van der Waals surface area contributed by atoms with E-state index in [9.17, 15) is 0 Å². The number of fused-ring (bicyclic) bond motifs is 1. The van der Waals surface area contributed by atoms with E-state index in [-0.39, 0.29) is 6.01 Å². The summed E-state index contributed by atoms with van der Waals surface area (Å²) < 4.78 is 6.14. The fourth-order valence-corrected chi connectivity index (χ4v) is 4.99. The van der Waals surface area contributed by atoms with Crippen molar-refractivity contribution < 1.29 is 4.74 Å². The van der Waals surface area contributed by atoms with Crippen molar-refractivity contribution >= 4 is 50.6 Å². The van der Waals surface area contributed by atoms with Crippen LogP contribution >= 0.6 is 22.9 Å². The Morgan fingerprint density at radius 1 is 1.15 bits per heavy atom. The van der Waals surface area contributed by atoms with E-state index in [4.69, 9.17) is 21.3 Å². The van der Waals surface area contributed by atoms with Crippen LogP contribution in [0, 0.1) is 6.92 Å². The maximum atomic E-state index is 6.67.